The number of nitrogens with zero attached hydrogens (tertiary/aromatic N) is 1. The van der Waals surface area contributed by atoms with Gasteiger partial charge < -0.3 is 10.2 Å². The molecule has 98 valence electrons. The molecule has 2 aliphatic rings. The molecule has 17 heavy (non-hydrogen) atoms. The number of hydrogen-bond donors (Lipinski definition) is 1. The van der Waals surface area contributed by atoms with Crippen LogP contribution < -0.4 is 5.32 Å². The minimum Gasteiger partial charge on any atom is -0.342 e. The highest BCUT2D eigenvalue weighted by molar-refractivity contribution is 5.77. The summed E-state index contributed by atoms with van der Waals surface area (Å²) in [5.74, 6) is 0.355. The fraction of sp³-hybridized carbons (Fsp3) is 0.929. The number of carbonyl (C=O) groups is 1. The minimum absolute atomic E-state index is 0.112. The van der Waals surface area contributed by atoms with Crippen LogP contribution in [0.25, 0.3) is 0 Å². The summed E-state index contributed by atoms with van der Waals surface area (Å²) in [4.78, 5) is 14.3. The number of hydrogen-bond acceptors (Lipinski definition) is 2. The van der Waals surface area contributed by atoms with Gasteiger partial charge in [-0.3, -0.25) is 4.79 Å². The summed E-state index contributed by atoms with van der Waals surface area (Å²) in [6.45, 7) is 10.7. The Balaban J connectivity index is 1.91. The van der Waals surface area contributed by atoms with Crippen LogP contribution in [0.3, 0.4) is 0 Å². The molecule has 2 aliphatic heterocycles. The maximum atomic E-state index is 12.2. The van der Waals surface area contributed by atoms with E-state index in [2.05, 4.69) is 31.0 Å². The molecule has 2 heterocycles. The van der Waals surface area contributed by atoms with Crippen molar-refractivity contribution in [3.05, 3.63) is 0 Å². The van der Waals surface area contributed by atoms with Gasteiger partial charge in [-0.25, -0.2) is 0 Å². The van der Waals surface area contributed by atoms with Crippen LogP contribution in [0.5, 0.6) is 0 Å². The summed E-state index contributed by atoms with van der Waals surface area (Å²) in [7, 11) is 0. The van der Waals surface area contributed by atoms with Crippen molar-refractivity contribution in [3.63, 3.8) is 0 Å². The molecule has 0 bridgehead atoms. The number of likely N-dealkylation sites (tertiary alicyclic amines) is 1. The van der Waals surface area contributed by atoms with Crippen LogP contribution in [0.2, 0.25) is 0 Å². The molecular weight excluding hydrogens is 212 g/mol. The molecule has 0 aliphatic carbocycles. The number of amides is 1. The number of carbonyl (C=O) groups excluding carboxylic acids is 1. The van der Waals surface area contributed by atoms with Crippen molar-refractivity contribution in [1.29, 1.82) is 0 Å². The first-order valence-corrected chi connectivity index (χ1v) is 6.89. The molecule has 2 saturated heterocycles. The fourth-order valence-electron chi connectivity index (χ4n) is 3.08. The van der Waals surface area contributed by atoms with Crippen LogP contribution in [0.4, 0.5) is 0 Å². The van der Waals surface area contributed by atoms with Crippen LogP contribution >= 0.6 is 0 Å². The summed E-state index contributed by atoms with van der Waals surface area (Å²) < 4.78 is 0. The van der Waals surface area contributed by atoms with Crippen LogP contribution in [0.15, 0.2) is 0 Å². The monoisotopic (exact) mass is 238 g/mol. The van der Waals surface area contributed by atoms with Gasteiger partial charge in [0.2, 0.25) is 5.91 Å². The van der Waals surface area contributed by atoms with Gasteiger partial charge in [-0.05, 0) is 43.2 Å². The molecule has 3 nitrogen and oxygen atoms in total. The SMILES string of the molecule is CC(C)(C)CC(=O)N1CCC2(CCNCC2)C1. The van der Waals surface area contributed by atoms with Gasteiger partial charge in [0.1, 0.15) is 0 Å². The Hall–Kier alpha value is -0.570. The first kappa shape index (κ1) is 12.9. The van der Waals surface area contributed by atoms with Gasteiger partial charge in [-0.15, -0.1) is 0 Å². The van der Waals surface area contributed by atoms with E-state index in [1.165, 1.54) is 19.3 Å². The zero-order chi connectivity index (χ0) is 12.5. The number of piperidine rings is 1. The van der Waals surface area contributed by atoms with E-state index in [9.17, 15) is 4.79 Å². The Kier molecular flexibility index (Phi) is 3.48. The van der Waals surface area contributed by atoms with Crippen molar-refractivity contribution < 1.29 is 4.79 Å². The third kappa shape index (κ3) is 3.21. The van der Waals surface area contributed by atoms with E-state index in [0.717, 1.165) is 26.2 Å². The zero-order valence-corrected chi connectivity index (χ0v) is 11.5. The lowest BCUT2D eigenvalue weighted by molar-refractivity contribution is -0.132. The molecule has 0 aromatic rings. The van der Waals surface area contributed by atoms with E-state index in [1.807, 2.05) is 0 Å². The maximum Gasteiger partial charge on any atom is 0.223 e. The first-order valence-electron chi connectivity index (χ1n) is 6.89. The van der Waals surface area contributed by atoms with E-state index < -0.39 is 0 Å². The third-order valence-corrected chi connectivity index (χ3v) is 4.14. The van der Waals surface area contributed by atoms with Crippen LogP contribution in [-0.4, -0.2) is 37.0 Å². The van der Waals surface area contributed by atoms with Crippen molar-refractivity contribution in [2.24, 2.45) is 10.8 Å². The first-order chi connectivity index (χ1) is 7.90. The summed E-state index contributed by atoms with van der Waals surface area (Å²) in [6.07, 6.45) is 4.38. The predicted octanol–water partition coefficient (Wildman–Crippen LogP) is 2.02. The van der Waals surface area contributed by atoms with Crippen molar-refractivity contribution >= 4 is 5.91 Å². The maximum absolute atomic E-state index is 12.2. The molecule has 0 atom stereocenters. The lowest BCUT2D eigenvalue weighted by Gasteiger charge is -2.34. The second kappa shape index (κ2) is 4.60. The van der Waals surface area contributed by atoms with Crippen LogP contribution in [0, 0.1) is 10.8 Å². The molecular formula is C14H26N2O. The summed E-state index contributed by atoms with van der Waals surface area (Å²) in [6, 6.07) is 0. The predicted molar refractivity (Wildman–Crippen MR) is 69.8 cm³/mol. The van der Waals surface area contributed by atoms with Crippen LogP contribution in [0.1, 0.15) is 46.5 Å². The molecule has 1 amide bonds. The Morgan fingerprint density at radius 2 is 1.88 bits per heavy atom. The Morgan fingerprint density at radius 3 is 2.47 bits per heavy atom. The Labute approximate surface area is 105 Å². The largest absolute Gasteiger partial charge is 0.342 e. The Bertz CT molecular complexity index is 287. The highest BCUT2D eigenvalue weighted by Crippen LogP contribution is 2.39. The van der Waals surface area contributed by atoms with E-state index in [0.29, 0.717) is 17.7 Å². The molecule has 0 unspecified atom stereocenters. The number of nitrogens with one attached hydrogen (secondary N) is 1. The van der Waals surface area contributed by atoms with E-state index in [4.69, 9.17) is 0 Å². The molecule has 2 fully saturated rings. The van der Waals surface area contributed by atoms with Crippen molar-refractivity contribution in [1.82, 2.24) is 10.2 Å². The van der Waals surface area contributed by atoms with Crippen molar-refractivity contribution in [3.8, 4) is 0 Å². The summed E-state index contributed by atoms with van der Waals surface area (Å²) in [5, 5.41) is 3.41. The van der Waals surface area contributed by atoms with Gasteiger partial charge in [0.15, 0.2) is 0 Å². The zero-order valence-electron chi connectivity index (χ0n) is 11.5. The normalized spacial score (nSPS) is 24.3. The van der Waals surface area contributed by atoms with Gasteiger partial charge in [0.25, 0.3) is 0 Å². The van der Waals surface area contributed by atoms with Gasteiger partial charge in [0.05, 0.1) is 0 Å². The fourth-order valence-corrected chi connectivity index (χ4v) is 3.08. The second-order valence-corrected chi connectivity index (χ2v) is 7.05. The molecule has 3 heteroatoms. The van der Waals surface area contributed by atoms with Gasteiger partial charge >= 0.3 is 0 Å². The smallest absolute Gasteiger partial charge is 0.223 e. The molecule has 2 rings (SSSR count). The Morgan fingerprint density at radius 1 is 1.24 bits per heavy atom. The summed E-state index contributed by atoms with van der Waals surface area (Å²) >= 11 is 0. The standard InChI is InChI=1S/C14H26N2O/c1-13(2,3)10-12(17)16-9-6-14(11-16)4-7-15-8-5-14/h15H,4-11H2,1-3H3. The third-order valence-electron chi connectivity index (χ3n) is 4.14. The molecule has 1 spiro atoms. The highest BCUT2D eigenvalue weighted by atomic mass is 16.2. The van der Waals surface area contributed by atoms with Crippen molar-refractivity contribution in [2.75, 3.05) is 26.2 Å². The average Bonchev–Trinajstić information content (AvgIpc) is 2.61. The van der Waals surface area contributed by atoms with Gasteiger partial charge in [-0.2, -0.15) is 0 Å². The van der Waals surface area contributed by atoms with E-state index in [1.54, 1.807) is 0 Å². The van der Waals surface area contributed by atoms with Crippen LogP contribution in [-0.2, 0) is 4.79 Å². The molecule has 1 N–H and O–H groups in total. The summed E-state index contributed by atoms with van der Waals surface area (Å²) in [5.41, 5.74) is 0.555. The number of rotatable bonds is 1. The van der Waals surface area contributed by atoms with Gasteiger partial charge in [-0.1, -0.05) is 20.8 Å². The van der Waals surface area contributed by atoms with Crippen molar-refractivity contribution in [2.45, 2.75) is 46.5 Å². The molecule has 0 saturated carbocycles. The molecule has 0 aromatic carbocycles. The lowest BCUT2D eigenvalue weighted by atomic mass is 9.78. The second-order valence-electron chi connectivity index (χ2n) is 7.05. The highest BCUT2D eigenvalue weighted by Gasteiger charge is 2.40. The van der Waals surface area contributed by atoms with E-state index in [-0.39, 0.29) is 5.41 Å². The van der Waals surface area contributed by atoms with E-state index >= 15 is 0 Å². The minimum atomic E-state index is 0.112. The quantitative estimate of drug-likeness (QED) is 0.758. The molecule has 0 aromatic heterocycles. The van der Waals surface area contributed by atoms with Gasteiger partial charge in [0, 0.05) is 19.5 Å². The average molecular weight is 238 g/mol. The lowest BCUT2D eigenvalue weighted by Crippen LogP contribution is -2.40. The molecule has 0 radical (unpaired) electrons. The topological polar surface area (TPSA) is 32.3 Å².